The summed E-state index contributed by atoms with van der Waals surface area (Å²) in [7, 11) is -9.99. The summed E-state index contributed by atoms with van der Waals surface area (Å²) in [6, 6.07) is 0. The summed E-state index contributed by atoms with van der Waals surface area (Å²) >= 11 is 0. The van der Waals surface area contributed by atoms with Gasteiger partial charge in [0.1, 0.15) is 19.3 Å². The van der Waals surface area contributed by atoms with E-state index in [1.807, 2.05) is 12.2 Å². The Bertz CT molecular complexity index is 2520. The third kappa shape index (κ3) is 79.5. The molecule has 622 valence electrons. The van der Waals surface area contributed by atoms with Crippen LogP contribution in [0.4, 0.5) is 0 Å². The number of esters is 4. The van der Waals surface area contributed by atoms with E-state index in [4.69, 9.17) is 37.0 Å². The minimum Gasteiger partial charge on any atom is -0.462 e. The second kappa shape index (κ2) is 80.5. The molecule has 3 N–H and O–H groups in total. The molecule has 0 heterocycles. The van der Waals surface area contributed by atoms with Gasteiger partial charge < -0.3 is 33.8 Å². The average Bonchev–Trinajstić information content (AvgIpc) is 0.923. The molecule has 17 nitrogen and oxygen atoms in total. The van der Waals surface area contributed by atoms with E-state index in [-0.39, 0.29) is 25.7 Å². The molecule has 0 aromatic rings. The molecule has 0 spiro atoms. The van der Waals surface area contributed by atoms with Crippen molar-refractivity contribution in [3.8, 4) is 0 Å². The molecular formula is C89H154O17P2. The molecule has 108 heavy (non-hydrogen) atoms. The molecule has 0 radical (unpaired) electrons. The molecule has 0 aliphatic heterocycles. The molecular weight excluding hydrogens is 1400 g/mol. The molecule has 0 aliphatic rings. The number of phosphoric acid groups is 2. The second-order valence-corrected chi connectivity index (χ2v) is 31.3. The fraction of sp³-hybridized carbons (Fsp3) is 0.730. The maximum absolute atomic E-state index is 13.1. The zero-order valence-corrected chi connectivity index (χ0v) is 70.0. The molecule has 5 atom stereocenters. The summed E-state index contributed by atoms with van der Waals surface area (Å²) in [5, 5.41) is 10.7. The van der Waals surface area contributed by atoms with Crippen molar-refractivity contribution in [2.45, 2.75) is 380 Å². The second-order valence-electron chi connectivity index (χ2n) is 28.4. The van der Waals surface area contributed by atoms with Crippen molar-refractivity contribution in [1.29, 1.82) is 0 Å². The predicted molar refractivity (Wildman–Crippen MR) is 445 cm³/mol. The van der Waals surface area contributed by atoms with Crippen molar-refractivity contribution in [1.82, 2.24) is 0 Å². The minimum absolute atomic E-state index is 0.0386. The molecule has 0 rings (SSSR count). The topological polar surface area (TPSA) is 237 Å². The van der Waals surface area contributed by atoms with Gasteiger partial charge in [0.05, 0.1) is 26.4 Å². The predicted octanol–water partition coefficient (Wildman–Crippen LogP) is 25.5. The standard InChI is InChI=1S/C89H154O17P2/c1-5-9-13-17-21-25-29-33-37-39-41-43-47-49-53-57-61-65-69-73-86(91)99-79-84(105-88(93)75-71-67-63-59-55-51-45-35-31-27-23-19-15-11-7-3)81-103-107(95,96)101-77-83(90)78-102-108(97,98)104-82-85(106-89(94)76-72-68-64-60-56-52-46-36-32-28-24-20-16-12-8-4)80-100-87(92)74-70-66-62-58-54-50-48-44-42-40-38-34-30-26-22-18-14-10-6-2/h9,13,21-22,25-26,33-34,37-38,41-44,49-50,53-54,62,66,83-85,90H,5-8,10-12,14-20,23-24,27-32,35-36,39-40,45-48,51-52,55-61,63-65,67-82H2,1-4H3,(H,95,96)(H,97,98)/b13-9-,25-21-,26-22-,37-33-,38-34-,43-41-,44-42-,53-49-,54-50-,66-62-/t83-,84-,85-/m1/s1. The van der Waals surface area contributed by atoms with E-state index in [1.165, 1.54) is 148 Å². The van der Waals surface area contributed by atoms with Crippen molar-refractivity contribution in [2.24, 2.45) is 0 Å². The Morgan fingerprint density at radius 3 is 0.815 bits per heavy atom. The molecule has 0 saturated heterocycles. The largest absolute Gasteiger partial charge is 0.472 e. The minimum atomic E-state index is -5.00. The van der Waals surface area contributed by atoms with E-state index < -0.39 is 97.5 Å². The Morgan fingerprint density at radius 1 is 0.269 bits per heavy atom. The molecule has 2 unspecified atom stereocenters. The van der Waals surface area contributed by atoms with Crippen LogP contribution in [0, 0.1) is 0 Å². The number of phosphoric ester groups is 2. The number of allylic oxidation sites excluding steroid dienone is 20. The van der Waals surface area contributed by atoms with E-state index in [9.17, 15) is 43.2 Å². The van der Waals surface area contributed by atoms with Crippen molar-refractivity contribution in [2.75, 3.05) is 39.6 Å². The lowest BCUT2D eigenvalue weighted by molar-refractivity contribution is -0.161. The Balaban J connectivity index is 5.44. The van der Waals surface area contributed by atoms with Crippen LogP contribution in [0.1, 0.15) is 362 Å². The summed E-state index contributed by atoms with van der Waals surface area (Å²) < 4.78 is 68.7. The Kier molecular flexibility index (Phi) is 77.1. The number of aliphatic hydroxyl groups is 1. The van der Waals surface area contributed by atoms with Gasteiger partial charge in [-0.2, -0.15) is 0 Å². The molecule has 19 heteroatoms. The molecule has 0 fully saturated rings. The van der Waals surface area contributed by atoms with Gasteiger partial charge in [0.2, 0.25) is 0 Å². The maximum atomic E-state index is 13.1. The van der Waals surface area contributed by atoms with Crippen molar-refractivity contribution in [3.63, 3.8) is 0 Å². The summed E-state index contributed by atoms with van der Waals surface area (Å²) in [6.07, 6.45) is 90.3. The lowest BCUT2D eigenvalue weighted by Crippen LogP contribution is -2.30. The van der Waals surface area contributed by atoms with Crippen LogP contribution in [0.5, 0.6) is 0 Å². The van der Waals surface area contributed by atoms with Gasteiger partial charge in [-0.3, -0.25) is 37.3 Å². The molecule has 0 saturated carbocycles. The van der Waals surface area contributed by atoms with E-state index in [2.05, 4.69) is 137 Å². The Labute approximate surface area is 657 Å². The molecule has 0 bridgehead atoms. The smallest absolute Gasteiger partial charge is 0.462 e. The number of rotatable bonds is 80. The molecule has 0 aliphatic carbocycles. The van der Waals surface area contributed by atoms with Crippen LogP contribution in [0.2, 0.25) is 0 Å². The number of ether oxygens (including phenoxy) is 4. The molecule has 0 aromatic heterocycles. The van der Waals surface area contributed by atoms with Gasteiger partial charge in [-0.1, -0.05) is 348 Å². The lowest BCUT2D eigenvalue weighted by atomic mass is 10.0. The first-order valence-corrected chi connectivity index (χ1v) is 45.8. The maximum Gasteiger partial charge on any atom is 0.472 e. The van der Waals surface area contributed by atoms with Crippen LogP contribution in [0.3, 0.4) is 0 Å². The van der Waals surface area contributed by atoms with E-state index in [0.29, 0.717) is 32.1 Å². The summed E-state index contributed by atoms with van der Waals surface area (Å²) in [5.41, 5.74) is 0. The highest BCUT2D eigenvalue weighted by Crippen LogP contribution is 2.45. The van der Waals surface area contributed by atoms with Crippen LogP contribution in [-0.4, -0.2) is 96.7 Å². The third-order valence-electron chi connectivity index (χ3n) is 18.0. The number of hydrogen-bond acceptors (Lipinski definition) is 15. The molecule has 0 amide bonds. The van der Waals surface area contributed by atoms with Crippen LogP contribution in [0.15, 0.2) is 122 Å². The fourth-order valence-electron chi connectivity index (χ4n) is 11.5. The first kappa shape index (κ1) is 103. The Morgan fingerprint density at radius 2 is 0.500 bits per heavy atom. The van der Waals surface area contributed by atoms with Gasteiger partial charge >= 0.3 is 39.5 Å². The monoisotopic (exact) mass is 1560 g/mol. The van der Waals surface area contributed by atoms with Crippen LogP contribution in [0.25, 0.3) is 0 Å². The Hall–Kier alpha value is -4.54. The summed E-state index contributed by atoms with van der Waals surface area (Å²) in [6.45, 7) is 4.68. The van der Waals surface area contributed by atoms with Gasteiger partial charge in [0.25, 0.3) is 0 Å². The first-order chi connectivity index (χ1) is 52.7. The SMILES string of the molecule is CC/C=C\C/C=C\C/C=C\C/C=C\C/C=C\CCCCCC(=O)OC[C@H](COP(=O)(O)OC[C@@H](O)COP(=O)(O)OC[C@@H](COC(=O)CC/C=C\C/C=C\C/C=C\C/C=C\C/C=C\CCCCC)OC(=O)CCCCCCCCCCCCCCCCC)OC(=O)CCCCCCCCCCCCCCCCC. The van der Waals surface area contributed by atoms with Crippen LogP contribution in [-0.2, 0) is 65.4 Å². The first-order valence-electron chi connectivity index (χ1n) is 42.8. The average molecular weight is 1560 g/mol. The van der Waals surface area contributed by atoms with Gasteiger partial charge in [0, 0.05) is 25.7 Å². The number of aliphatic hydroxyl groups excluding tert-OH is 1. The highest BCUT2D eigenvalue weighted by atomic mass is 31.2. The number of hydrogen-bond donors (Lipinski definition) is 3. The van der Waals surface area contributed by atoms with Crippen molar-refractivity contribution in [3.05, 3.63) is 122 Å². The zero-order valence-electron chi connectivity index (χ0n) is 68.2. The van der Waals surface area contributed by atoms with Crippen molar-refractivity contribution < 1.29 is 80.2 Å². The summed E-state index contributed by atoms with van der Waals surface area (Å²) in [5.74, 6) is -2.29. The van der Waals surface area contributed by atoms with E-state index in [1.54, 1.807) is 0 Å². The normalized spacial score (nSPS) is 14.4. The highest BCUT2D eigenvalue weighted by Gasteiger charge is 2.30. The van der Waals surface area contributed by atoms with Crippen molar-refractivity contribution >= 4 is 39.5 Å². The van der Waals surface area contributed by atoms with Gasteiger partial charge in [0.15, 0.2) is 12.2 Å². The lowest BCUT2D eigenvalue weighted by Gasteiger charge is -2.21. The summed E-state index contributed by atoms with van der Waals surface area (Å²) in [4.78, 5) is 73.2. The number of unbranched alkanes of at least 4 members (excludes halogenated alkanes) is 34. The van der Waals surface area contributed by atoms with Gasteiger partial charge in [-0.05, 0) is 109 Å². The fourth-order valence-corrected chi connectivity index (χ4v) is 13.0. The van der Waals surface area contributed by atoms with Crippen LogP contribution < -0.4 is 0 Å². The van der Waals surface area contributed by atoms with E-state index >= 15 is 0 Å². The quantitative estimate of drug-likeness (QED) is 0.0169. The molecule has 0 aromatic carbocycles. The number of carbonyl (C=O) groups excluding carboxylic acids is 4. The highest BCUT2D eigenvalue weighted by molar-refractivity contribution is 7.47. The third-order valence-corrected chi connectivity index (χ3v) is 19.9. The zero-order chi connectivity index (χ0) is 78.9. The van der Waals surface area contributed by atoms with Gasteiger partial charge in [-0.25, -0.2) is 9.13 Å². The van der Waals surface area contributed by atoms with Crippen LogP contribution >= 0.6 is 15.6 Å². The number of carbonyl (C=O) groups is 4. The van der Waals surface area contributed by atoms with Gasteiger partial charge in [-0.15, -0.1) is 0 Å². The van der Waals surface area contributed by atoms with E-state index in [0.717, 1.165) is 128 Å².